The maximum Gasteiger partial charge on any atom is 0.320 e. The van der Waals surface area contributed by atoms with Crippen LogP contribution in [0.1, 0.15) is 42.0 Å². The van der Waals surface area contributed by atoms with Crippen LogP contribution in [0.3, 0.4) is 0 Å². The molecule has 1 aliphatic heterocycles. The van der Waals surface area contributed by atoms with E-state index in [1.807, 2.05) is 43.5 Å². The molecule has 0 amide bonds. The Kier molecular flexibility index (Phi) is 5.17. The lowest BCUT2D eigenvalue weighted by Gasteiger charge is -2.40. The van der Waals surface area contributed by atoms with Crippen LogP contribution in [0.4, 0.5) is 0 Å². The summed E-state index contributed by atoms with van der Waals surface area (Å²) in [6, 6.07) is 9.08. The van der Waals surface area contributed by atoms with Crippen molar-refractivity contribution in [2.24, 2.45) is 0 Å². The lowest BCUT2D eigenvalue weighted by Crippen LogP contribution is -2.47. The number of aryl methyl sites for hydroxylation is 1. The molecule has 1 aromatic heterocycles. The summed E-state index contributed by atoms with van der Waals surface area (Å²) in [5.74, 6) is -0.756. The van der Waals surface area contributed by atoms with Gasteiger partial charge in [0.15, 0.2) is 0 Å². The van der Waals surface area contributed by atoms with Crippen molar-refractivity contribution in [1.82, 2.24) is 9.88 Å². The monoisotopic (exact) mass is 344 g/mol. The number of aliphatic carboxylic acids is 1. The van der Waals surface area contributed by atoms with E-state index in [4.69, 9.17) is 11.6 Å². The van der Waals surface area contributed by atoms with Gasteiger partial charge in [0.05, 0.1) is 6.04 Å². The molecule has 126 valence electrons. The first kappa shape index (κ1) is 16.9. The van der Waals surface area contributed by atoms with E-state index in [0.717, 1.165) is 36.1 Å². The van der Waals surface area contributed by atoms with E-state index in [2.05, 4.69) is 9.88 Å². The molecule has 2 heterocycles. The molecule has 24 heavy (non-hydrogen) atoms. The maximum absolute atomic E-state index is 11.8. The van der Waals surface area contributed by atoms with E-state index in [9.17, 15) is 9.90 Å². The van der Waals surface area contributed by atoms with E-state index < -0.39 is 12.0 Å². The zero-order chi connectivity index (χ0) is 17.1. The minimum atomic E-state index is -0.756. The van der Waals surface area contributed by atoms with Gasteiger partial charge in [-0.05, 0) is 61.2 Å². The summed E-state index contributed by atoms with van der Waals surface area (Å²) < 4.78 is 0. The highest BCUT2D eigenvalue weighted by Gasteiger charge is 2.35. The number of nitrogens with zero attached hydrogens (tertiary/aromatic N) is 2. The van der Waals surface area contributed by atoms with Crippen LogP contribution in [-0.4, -0.2) is 33.5 Å². The number of aromatic nitrogens is 1. The highest BCUT2D eigenvalue weighted by Crippen LogP contribution is 2.36. The van der Waals surface area contributed by atoms with E-state index in [0.29, 0.717) is 11.4 Å². The standard InChI is InChI=1S/C19H21ClN2O2/c1-13-12-21-9-8-16(13)18(14-5-4-6-15(20)11-14)22-10-3-2-7-17(22)19(23)24/h4-6,8-9,11-12,17-18H,2-3,7,10H2,1H3,(H,23,24). The van der Waals surface area contributed by atoms with Gasteiger partial charge in [0.2, 0.25) is 0 Å². The summed E-state index contributed by atoms with van der Waals surface area (Å²) in [4.78, 5) is 18.1. The topological polar surface area (TPSA) is 53.4 Å². The number of pyridine rings is 1. The third-order valence-corrected chi connectivity index (χ3v) is 4.92. The Morgan fingerprint density at radius 2 is 2.21 bits per heavy atom. The number of likely N-dealkylation sites (tertiary alicyclic amines) is 1. The Hall–Kier alpha value is -1.91. The first-order valence-electron chi connectivity index (χ1n) is 8.22. The van der Waals surface area contributed by atoms with E-state index in [-0.39, 0.29) is 6.04 Å². The minimum Gasteiger partial charge on any atom is -0.480 e. The molecule has 2 unspecified atom stereocenters. The quantitative estimate of drug-likeness (QED) is 0.908. The number of hydrogen-bond donors (Lipinski definition) is 1. The fourth-order valence-corrected chi connectivity index (χ4v) is 3.74. The molecule has 1 fully saturated rings. The highest BCUT2D eigenvalue weighted by atomic mass is 35.5. The summed E-state index contributed by atoms with van der Waals surface area (Å²) in [5.41, 5.74) is 3.16. The van der Waals surface area contributed by atoms with Gasteiger partial charge in [-0.1, -0.05) is 30.2 Å². The van der Waals surface area contributed by atoms with Crippen molar-refractivity contribution in [2.75, 3.05) is 6.54 Å². The Bertz CT molecular complexity index is 735. The van der Waals surface area contributed by atoms with Crippen molar-refractivity contribution in [2.45, 2.75) is 38.3 Å². The SMILES string of the molecule is Cc1cnccc1C(c1cccc(Cl)c1)N1CCCCC1C(=O)O. The van der Waals surface area contributed by atoms with Crippen molar-refractivity contribution < 1.29 is 9.90 Å². The number of carboxylic acid groups (broad SMARTS) is 1. The first-order valence-corrected chi connectivity index (χ1v) is 8.60. The number of hydrogen-bond acceptors (Lipinski definition) is 3. The molecule has 4 nitrogen and oxygen atoms in total. The lowest BCUT2D eigenvalue weighted by molar-refractivity contribution is -0.145. The summed E-state index contributed by atoms with van der Waals surface area (Å²) in [7, 11) is 0. The van der Waals surface area contributed by atoms with Crippen LogP contribution < -0.4 is 0 Å². The molecule has 1 saturated heterocycles. The molecule has 1 aromatic carbocycles. The summed E-state index contributed by atoms with van der Waals surface area (Å²) >= 11 is 6.21. The summed E-state index contributed by atoms with van der Waals surface area (Å²) in [6.45, 7) is 2.77. The summed E-state index contributed by atoms with van der Waals surface area (Å²) in [5, 5.41) is 10.4. The number of carbonyl (C=O) groups is 1. The van der Waals surface area contributed by atoms with Gasteiger partial charge in [-0.2, -0.15) is 0 Å². The molecule has 1 N–H and O–H groups in total. The van der Waals surface area contributed by atoms with Gasteiger partial charge in [0, 0.05) is 17.4 Å². The molecule has 0 spiro atoms. The van der Waals surface area contributed by atoms with Crippen LogP contribution in [0.15, 0.2) is 42.7 Å². The van der Waals surface area contributed by atoms with Crippen molar-refractivity contribution in [1.29, 1.82) is 0 Å². The zero-order valence-corrected chi connectivity index (χ0v) is 14.4. The molecule has 0 bridgehead atoms. The number of rotatable bonds is 4. The van der Waals surface area contributed by atoms with Gasteiger partial charge in [0.1, 0.15) is 6.04 Å². The lowest BCUT2D eigenvalue weighted by atomic mass is 9.90. The molecule has 0 saturated carbocycles. The second kappa shape index (κ2) is 7.32. The van der Waals surface area contributed by atoms with E-state index in [1.165, 1.54) is 0 Å². The van der Waals surface area contributed by atoms with Gasteiger partial charge in [0.25, 0.3) is 0 Å². The molecule has 2 aromatic rings. The second-order valence-corrected chi connectivity index (χ2v) is 6.71. The summed E-state index contributed by atoms with van der Waals surface area (Å²) in [6.07, 6.45) is 6.22. The van der Waals surface area contributed by atoms with Crippen LogP contribution in [0.25, 0.3) is 0 Å². The Labute approximate surface area is 147 Å². The van der Waals surface area contributed by atoms with Crippen LogP contribution >= 0.6 is 11.6 Å². The second-order valence-electron chi connectivity index (χ2n) is 6.28. The normalized spacial score (nSPS) is 19.8. The number of piperidine rings is 1. The fourth-order valence-electron chi connectivity index (χ4n) is 3.55. The molecular formula is C19H21ClN2O2. The zero-order valence-electron chi connectivity index (χ0n) is 13.7. The van der Waals surface area contributed by atoms with Crippen LogP contribution in [0.2, 0.25) is 5.02 Å². The van der Waals surface area contributed by atoms with E-state index >= 15 is 0 Å². The fraction of sp³-hybridized carbons (Fsp3) is 0.368. The predicted octanol–water partition coefficient (Wildman–Crippen LogP) is 4.07. The largest absolute Gasteiger partial charge is 0.480 e. The van der Waals surface area contributed by atoms with Crippen molar-refractivity contribution in [3.63, 3.8) is 0 Å². The minimum absolute atomic E-state index is 0.131. The van der Waals surface area contributed by atoms with Crippen LogP contribution in [0.5, 0.6) is 0 Å². The van der Waals surface area contributed by atoms with E-state index in [1.54, 1.807) is 6.20 Å². The van der Waals surface area contributed by atoms with Gasteiger partial charge < -0.3 is 5.11 Å². The van der Waals surface area contributed by atoms with Gasteiger partial charge in [-0.3, -0.25) is 14.7 Å². The Morgan fingerprint density at radius 3 is 2.92 bits per heavy atom. The average molecular weight is 345 g/mol. The average Bonchev–Trinajstić information content (AvgIpc) is 2.57. The Morgan fingerprint density at radius 1 is 1.38 bits per heavy atom. The molecule has 1 aliphatic rings. The van der Waals surface area contributed by atoms with Crippen LogP contribution in [0, 0.1) is 6.92 Å². The van der Waals surface area contributed by atoms with Crippen molar-refractivity contribution in [3.8, 4) is 0 Å². The Balaban J connectivity index is 2.11. The number of benzene rings is 1. The smallest absolute Gasteiger partial charge is 0.320 e. The molecular weight excluding hydrogens is 324 g/mol. The molecule has 0 aliphatic carbocycles. The predicted molar refractivity (Wildman–Crippen MR) is 94.2 cm³/mol. The molecule has 3 rings (SSSR count). The van der Waals surface area contributed by atoms with Gasteiger partial charge in [-0.15, -0.1) is 0 Å². The van der Waals surface area contributed by atoms with Crippen molar-refractivity contribution in [3.05, 3.63) is 64.4 Å². The van der Waals surface area contributed by atoms with Crippen LogP contribution in [-0.2, 0) is 4.79 Å². The third kappa shape index (κ3) is 3.45. The number of halogens is 1. The number of carboxylic acids is 1. The van der Waals surface area contributed by atoms with Gasteiger partial charge >= 0.3 is 5.97 Å². The third-order valence-electron chi connectivity index (χ3n) is 4.68. The molecule has 5 heteroatoms. The molecule has 2 atom stereocenters. The first-order chi connectivity index (χ1) is 11.6. The highest BCUT2D eigenvalue weighted by molar-refractivity contribution is 6.30. The maximum atomic E-state index is 11.8. The molecule has 0 radical (unpaired) electrons. The van der Waals surface area contributed by atoms with Gasteiger partial charge in [-0.25, -0.2) is 0 Å². The van der Waals surface area contributed by atoms with Crippen molar-refractivity contribution >= 4 is 17.6 Å².